The molecule has 0 saturated carbocycles. The zero-order chi connectivity index (χ0) is 29.4. The van der Waals surface area contributed by atoms with Gasteiger partial charge in [0, 0.05) is 66.4 Å². The van der Waals surface area contributed by atoms with E-state index >= 15 is 0 Å². The maximum atomic E-state index is 12.5. The van der Waals surface area contributed by atoms with Crippen molar-refractivity contribution in [2.45, 2.75) is 64.5 Å². The number of benzene rings is 1. The second-order valence-corrected chi connectivity index (χ2v) is 13.0. The van der Waals surface area contributed by atoms with E-state index in [-0.39, 0.29) is 18.9 Å². The molecule has 0 bridgehead atoms. The number of anilines is 1. The number of methoxy groups -OCH3 is 1. The largest absolute Gasteiger partial charge is 0.467 e. The normalized spacial score (nSPS) is 17.9. The van der Waals surface area contributed by atoms with Gasteiger partial charge in [-0.05, 0) is 64.7 Å². The van der Waals surface area contributed by atoms with Gasteiger partial charge in [-0.25, -0.2) is 9.78 Å². The molecule has 0 spiro atoms. The van der Waals surface area contributed by atoms with E-state index < -0.39 is 5.60 Å². The van der Waals surface area contributed by atoms with Gasteiger partial charge in [-0.3, -0.25) is 0 Å². The van der Waals surface area contributed by atoms with Crippen molar-refractivity contribution >= 4 is 33.6 Å². The Kier molecular flexibility index (Phi) is 7.80. The van der Waals surface area contributed by atoms with Gasteiger partial charge in [0.15, 0.2) is 17.6 Å². The van der Waals surface area contributed by atoms with Crippen molar-refractivity contribution in [3.8, 4) is 17.0 Å². The van der Waals surface area contributed by atoms with Crippen LogP contribution < -0.4 is 9.64 Å². The van der Waals surface area contributed by atoms with Crippen molar-refractivity contribution in [2.75, 3.05) is 38.4 Å². The van der Waals surface area contributed by atoms with Crippen molar-refractivity contribution in [3.05, 3.63) is 52.7 Å². The lowest BCUT2D eigenvalue weighted by Gasteiger charge is -2.34. The Morgan fingerprint density at radius 2 is 1.93 bits per heavy atom. The van der Waals surface area contributed by atoms with Gasteiger partial charge in [-0.2, -0.15) is 0 Å². The van der Waals surface area contributed by atoms with Crippen LogP contribution in [0.15, 0.2) is 36.5 Å². The summed E-state index contributed by atoms with van der Waals surface area (Å²) in [5.74, 6) is 1.11. The van der Waals surface area contributed by atoms with Crippen molar-refractivity contribution < 1.29 is 19.0 Å². The van der Waals surface area contributed by atoms with E-state index in [4.69, 9.17) is 19.2 Å². The number of nitrogens with zero attached hydrogens (tertiary/aromatic N) is 5. The number of hydrogen-bond donors (Lipinski definition) is 1. The molecule has 1 atom stereocenters. The highest BCUT2D eigenvalue weighted by Crippen LogP contribution is 2.42. The lowest BCUT2D eigenvalue weighted by molar-refractivity contribution is 0.0205. The summed E-state index contributed by atoms with van der Waals surface area (Å²) < 4.78 is 16.5. The van der Waals surface area contributed by atoms with Crippen LogP contribution in [0.4, 0.5) is 9.93 Å². The minimum absolute atomic E-state index is 0.118. The number of likely N-dealkylation sites (tertiary alicyclic amines) is 1. The SMILES string of the molecule is COCOc1ccccc1-c1cc2c3c([nH]c2nn1)CCN(c1ncc(C2CCN(C(=O)OC(C)(C)C)CC2)s1)[C@@H]3C. The lowest BCUT2D eigenvalue weighted by Crippen LogP contribution is -2.41. The van der Waals surface area contributed by atoms with Crippen LogP contribution in [-0.2, 0) is 15.9 Å². The predicted molar refractivity (Wildman–Crippen MR) is 163 cm³/mol. The molecule has 1 N–H and O–H groups in total. The average molecular weight is 591 g/mol. The average Bonchev–Trinajstić information content (AvgIpc) is 3.61. The highest BCUT2D eigenvalue weighted by molar-refractivity contribution is 7.15. The van der Waals surface area contributed by atoms with Gasteiger partial charge in [0.05, 0.1) is 11.7 Å². The number of nitrogens with one attached hydrogen (secondary N) is 1. The minimum Gasteiger partial charge on any atom is -0.467 e. The number of ether oxygens (including phenoxy) is 3. The summed E-state index contributed by atoms with van der Waals surface area (Å²) in [7, 11) is 1.61. The molecule has 4 aromatic rings. The van der Waals surface area contributed by atoms with Gasteiger partial charge < -0.3 is 29.0 Å². The van der Waals surface area contributed by atoms with Gasteiger partial charge >= 0.3 is 6.09 Å². The van der Waals surface area contributed by atoms with E-state index in [1.165, 1.54) is 16.1 Å². The smallest absolute Gasteiger partial charge is 0.410 e. The maximum absolute atomic E-state index is 12.5. The first-order chi connectivity index (χ1) is 20.2. The molecule has 3 aromatic heterocycles. The fourth-order valence-electron chi connectivity index (χ4n) is 5.91. The summed E-state index contributed by atoms with van der Waals surface area (Å²) in [5.41, 5.74) is 4.40. The van der Waals surface area contributed by atoms with Gasteiger partial charge in [0.25, 0.3) is 0 Å². The summed E-state index contributed by atoms with van der Waals surface area (Å²) in [6.07, 6.45) is 4.52. The van der Waals surface area contributed by atoms with E-state index in [9.17, 15) is 4.79 Å². The number of rotatable bonds is 6. The number of aromatic amines is 1. The summed E-state index contributed by atoms with van der Waals surface area (Å²) in [6.45, 7) is 10.4. The lowest BCUT2D eigenvalue weighted by atomic mass is 9.96. The number of H-pyrrole nitrogens is 1. The molecule has 6 rings (SSSR count). The molecule has 1 fully saturated rings. The first kappa shape index (κ1) is 28.4. The first-order valence-corrected chi connectivity index (χ1v) is 15.3. The fraction of sp³-hybridized carbons (Fsp3) is 0.484. The van der Waals surface area contributed by atoms with E-state index in [2.05, 4.69) is 33.1 Å². The van der Waals surface area contributed by atoms with Gasteiger partial charge in [-0.1, -0.05) is 12.1 Å². The number of carbonyl (C=O) groups excluding carboxylic acids is 1. The third-order valence-corrected chi connectivity index (χ3v) is 9.16. The fourth-order valence-corrected chi connectivity index (χ4v) is 7.10. The topological polar surface area (TPSA) is 106 Å². The second kappa shape index (κ2) is 11.5. The third-order valence-electron chi connectivity index (χ3n) is 7.97. The number of hydrogen-bond acceptors (Lipinski definition) is 9. The molecule has 2 aliphatic rings. The summed E-state index contributed by atoms with van der Waals surface area (Å²) in [6, 6.07) is 10.0. The highest BCUT2D eigenvalue weighted by Gasteiger charge is 2.32. The molecule has 0 radical (unpaired) electrons. The maximum Gasteiger partial charge on any atom is 0.410 e. The van der Waals surface area contributed by atoms with Crippen molar-refractivity contribution in [2.24, 2.45) is 0 Å². The Balaban J connectivity index is 1.20. The van der Waals surface area contributed by atoms with Gasteiger partial charge in [0.1, 0.15) is 11.4 Å². The molecule has 1 amide bonds. The first-order valence-electron chi connectivity index (χ1n) is 14.5. The van der Waals surface area contributed by atoms with Crippen LogP contribution in [0.3, 0.4) is 0 Å². The second-order valence-electron chi connectivity index (χ2n) is 12.0. The molecular weight excluding hydrogens is 552 g/mol. The van der Waals surface area contributed by atoms with E-state index in [1.807, 2.05) is 56.1 Å². The molecule has 222 valence electrons. The van der Waals surface area contributed by atoms with Crippen LogP contribution in [0, 0.1) is 0 Å². The molecule has 0 aliphatic carbocycles. The van der Waals surface area contributed by atoms with Crippen molar-refractivity contribution in [1.29, 1.82) is 0 Å². The molecule has 0 unspecified atom stereocenters. The molecule has 10 nitrogen and oxygen atoms in total. The minimum atomic E-state index is -0.479. The molecule has 1 saturated heterocycles. The quantitative estimate of drug-likeness (QED) is 0.261. The standard InChI is InChI=1S/C31H38N6O4S/c1-19-27-22-16-24(21-8-6-7-9-25(21)40-18-39-5)34-35-28(22)33-23(27)12-15-37(19)29-32-17-26(42-29)20-10-13-36(14-11-20)30(38)41-31(2,3)4/h6-9,16-17,19-20H,10-15,18H2,1-5H3,(H,33,35)/t19-/m1/s1. The van der Waals surface area contributed by atoms with E-state index in [0.717, 1.165) is 53.2 Å². The highest BCUT2D eigenvalue weighted by atomic mass is 32.1. The summed E-state index contributed by atoms with van der Waals surface area (Å²) in [5, 5.41) is 11.2. The molecular formula is C31H38N6O4S. The monoisotopic (exact) mass is 590 g/mol. The van der Waals surface area contributed by atoms with Crippen LogP contribution in [0.1, 0.15) is 68.6 Å². The number of carbonyl (C=O) groups is 1. The zero-order valence-electron chi connectivity index (χ0n) is 24.8. The Bertz CT molecular complexity index is 1570. The molecule has 11 heteroatoms. The molecule has 42 heavy (non-hydrogen) atoms. The number of piperidine rings is 1. The number of aromatic nitrogens is 4. The van der Waals surface area contributed by atoms with Crippen LogP contribution in [-0.4, -0.2) is 70.3 Å². The van der Waals surface area contributed by atoms with Crippen molar-refractivity contribution in [1.82, 2.24) is 25.1 Å². The number of para-hydroxylation sites is 1. The Morgan fingerprint density at radius 3 is 2.69 bits per heavy atom. The molecule has 2 aliphatic heterocycles. The summed E-state index contributed by atoms with van der Waals surface area (Å²) in [4.78, 5) is 26.4. The van der Waals surface area contributed by atoms with Gasteiger partial charge in [-0.15, -0.1) is 21.5 Å². The molecule has 1 aromatic carbocycles. The number of fused-ring (bicyclic) bond motifs is 3. The zero-order valence-corrected chi connectivity index (χ0v) is 25.7. The Hall–Kier alpha value is -3.70. The summed E-state index contributed by atoms with van der Waals surface area (Å²) >= 11 is 1.78. The number of amides is 1. The predicted octanol–water partition coefficient (Wildman–Crippen LogP) is 6.30. The van der Waals surface area contributed by atoms with Crippen LogP contribution in [0.5, 0.6) is 5.75 Å². The van der Waals surface area contributed by atoms with E-state index in [0.29, 0.717) is 24.8 Å². The van der Waals surface area contributed by atoms with Crippen LogP contribution in [0.25, 0.3) is 22.3 Å². The molecule has 5 heterocycles. The Labute approximate surface area is 250 Å². The Morgan fingerprint density at radius 1 is 1.14 bits per heavy atom. The van der Waals surface area contributed by atoms with Crippen molar-refractivity contribution in [3.63, 3.8) is 0 Å². The van der Waals surface area contributed by atoms with Crippen LogP contribution in [0.2, 0.25) is 0 Å². The van der Waals surface area contributed by atoms with Crippen LogP contribution >= 0.6 is 11.3 Å². The third kappa shape index (κ3) is 5.67. The number of thiazole rings is 1. The van der Waals surface area contributed by atoms with E-state index in [1.54, 1.807) is 18.4 Å². The van der Waals surface area contributed by atoms with Gasteiger partial charge in [0.2, 0.25) is 0 Å².